The number of primary amides is 1. The standard InChI is InChI=1S/C15H22N4O/c1-15(5-7-17-8-6-15)19-14-11(13(16)20)9-10-3-2-4-12(10)18-14/h9,17H,2-8H2,1H3,(H2,16,20)(H,18,19). The van der Waals surface area contributed by atoms with E-state index in [1.165, 1.54) is 5.56 Å². The molecule has 1 aliphatic carbocycles. The van der Waals surface area contributed by atoms with Crippen molar-refractivity contribution >= 4 is 11.7 Å². The van der Waals surface area contributed by atoms with E-state index in [9.17, 15) is 4.79 Å². The van der Waals surface area contributed by atoms with Gasteiger partial charge >= 0.3 is 0 Å². The smallest absolute Gasteiger partial charge is 0.252 e. The average Bonchev–Trinajstić information content (AvgIpc) is 2.85. The quantitative estimate of drug-likeness (QED) is 0.774. The van der Waals surface area contributed by atoms with Gasteiger partial charge in [0.05, 0.1) is 5.56 Å². The maximum absolute atomic E-state index is 11.7. The minimum Gasteiger partial charge on any atom is -0.365 e. The maximum Gasteiger partial charge on any atom is 0.252 e. The zero-order chi connectivity index (χ0) is 14.2. The Hall–Kier alpha value is -1.62. The van der Waals surface area contributed by atoms with Crippen LogP contribution in [0.4, 0.5) is 5.82 Å². The highest BCUT2D eigenvalue weighted by atomic mass is 16.1. The van der Waals surface area contributed by atoms with Crippen molar-refractivity contribution in [1.29, 1.82) is 0 Å². The summed E-state index contributed by atoms with van der Waals surface area (Å²) in [6, 6.07) is 1.93. The van der Waals surface area contributed by atoms with Crippen LogP contribution in [0.5, 0.6) is 0 Å². The number of fused-ring (bicyclic) bond motifs is 1. The molecule has 1 amide bonds. The van der Waals surface area contributed by atoms with Crippen LogP contribution in [0.15, 0.2) is 6.07 Å². The predicted molar refractivity (Wildman–Crippen MR) is 78.9 cm³/mol. The summed E-state index contributed by atoms with van der Waals surface area (Å²) >= 11 is 0. The van der Waals surface area contributed by atoms with Crippen molar-refractivity contribution in [2.45, 2.75) is 44.6 Å². The van der Waals surface area contributed by atoms with E-state index in [-0.39, 0.29) is 5.54 Å². The third-order valence-corrected chi connectivity index (χ3v) is 4.44. The van der Waals surface area contributed by atoms with Crippen LogP contribution in [0.3, 0.4) is 0 Å². The number of pyridine rings is 1. The van der Waals surface area contributed by atoms with Crippen LogP contribution >= 0.6 is 0 Å². The zero-order valence-corrected chi connectivity index (χ0v) is 12.0. The SMILES string of the molecule is CC1(Nc2nc3c(cc2C(N)=O)CCC3)CCNCC1. The first-order chi connectivity index (χ1) is 9.57. The molecule has 20 heavy (non-hydrogen) atoms. The average molecular weight is 274 g/mol. The molecule has 0 radical (unpaired) electrons. The Morgan fingerprint density at radius 2 is 2.15 bits per heavy atom. The second kappa shape index (κ2) is 5.05. The highest BCUT2D eigenvalue weighted by molar-refractivity contribution is 5.98. The van der Waals surface area contributed by atoms with Gasteiger partial charge in [0.1, 0.15) is 5.82 Å². The van der Waals surface area contributed by atoms with Gasteiger partial charge in [-0.3, -0.25) is 4.79 Å². The Bertz CT molecular complexity index is 535. The summed E-state index contributed by atoms with van der Waals surface area (Å²) < 4.78 is 0. The fraction of sp³-hybridized carbons (Fsp3) is 0.600. The highest BCUT2D eigenvalue weighted by Gasteiger charge is 2.29. The zero-order valence-electron chi connectivity index (χ0n) is 12.0. The van der Waals surface area contributed by atoms with Gasteiger partial charge in [0.25, 0.3) is 5.91 Å². The number of anilines is 1. The van der Waals surface area contributed by atoms with Crippen molar-refractivity contribution < 1.29 is 4.79 Å². The first kappa shape index (κ1) is 13.4. The number of carbonyl (C=O) groups excluding carboxylic acids is 1. The molecule has 0 atom stereocenters. The van der Waals surface area contributed by atoms with Crippen molar-refractivity contribution in [3.8, 4) is 0 Å². The molecule has 0 unspecified atom stereocenters. The van der Waals surface area contributed by atoms with E-state index in [2.05, 4.69) is 22.5 Å². The van der Waals surface area contributed by atoms with Crippen molar-refractivity contribution in [1.82, 2.24) is 10.3 Å². The van der Waals surface area contributed by atoms with Crippen molar-refractivity contribution in [2.75, 3.05) is 18.4 Å². The topological polar surface area (TPSA) is 80.0 Å². The molecule has 5 heteroatoms. The molecule has 1 aromatic rings. The number of nitrogens with zero attached hydrogens (tertiary/aromatic N) is 1. The lowest BCUT2D eigenvalue weighted by Gasteiger charge is -2.36. The Kier molecular flexibility index (Phi) is 3.38. The van der Waals surface area contributed by atoms with E-state index in [1.807, 2.05) is 6.07 Å². The molecule has 0 spiro atoms. The molecule has 1 fully saturated rings. The Balaban J connectivity index is 1.93. The van der Waals surface area contributed by atoms with Crippen molar-refractivity contribution in [3.05, 3.63) is 22.9 Å². The van der Waals surface area contributed by atoms with E-state index in [0.717, 1.165) is 50.9 Å². The summed E-state index contributed by atoms with van der Waals surface area (Å²) in [5, 5.41) is 6.84. The predicted octanol–water partition coefficient (Wildman–Crippen LogP) is 1.22. The van der Waals surface area contributed by atoms with Gasteiger partial charge < -0.3 is 16.4 Å². The number of hydrogen-bond donors (Lipinski definition) is 3. The normalized spacial score (nSPS) is 20.4. The summed E-state index contributed by atoms with van der Waals surface area (Å²) in [7, 11) is 0. The fourth-order valence-electron chi connectivity index (χ4n) is 3.14. The molecule has 108 valence electrons. The van der Waals surface area contributed by atoms with Gasteiger partial charge in [0.15, 0.2) is 0 Å². The first-order valence-electron chi connectivity index (χ1n) is 7.39. The molecule has 4 N–H and O–H groups in total. The second-order valence-corrected chi connectivity index (χ2v) is 6.14. The summed E-state index contributed by atoms with van der Waals surface area (Å²) in [4.78, 5) is 16.4. The lowest BCUT2D eigenvalue weighted by molar-refractivity contribution is 0.100. The molecule has 1 aliphatic heterocycles. The maximum atomic E-state index is 11.7. The fourth-order valence-corrected chi connectivity index (χ4v) is 3.14. The molecule has 0 bridgehead atoms. The number of rotatable bonds is 3. The van der Waals surface area contributed by atoms with Gasteiger partial charge in [-0.15, -0.1) is 0 Å². The van der Waals surface area contributed by atoms with Crippen LogP contribution in [0.2, 0.25) is 0 Å². The van der Waals surface area contributed by atoms with Crippen LogP contribution < -0.4 is 16.4 Å². The summed E-state index contributed by atoms with van der Waals surface area (Å²) in [5.41, 5.74) is 8.34. The van der Waals surface area contributed by atoms with Gasteiger partial charge in [0, 0.05) is 11.2 Å². The molecule has 0 aromatic carbocycles. The Morgan fingerprint density at radius 3 is 2.85 bits per heavy atom. The van der Waals surface area contributed by atoms with Crippen LogP contribution in [-0.2, 0) is 12.8 Å². The van der Waals surface area contributed by atoms with Crippen molar-refractivity contribution in [3.63, 3.8) is 0 Å². The highest BCUT2D eigenvalue weighted by Crippen LogP contribution is 2.29. The number of amides is 1. The second-order valence-electron chi connectivity index (χ2n) is 6.14. The molecular formula is C15H22N4O. The third-order valence-electron chi connectivity index (χ3n) is 4.44. The number of nitrogens with one attached hydrogen (secondary N) is 2. The summed E-state index contributed by atoms with van der Waals surface area (Å²) in [6.07, 6.45) is 5.16. The monoisotopic (exact) mass is 274 g/mol. The van der Waals surface area contributed by atoms with E-state index in [4.69, 9.17) is 5.73 Å². The number of nitrogens with two attached hydrogens (primary N) is 1. The number of piperidine rings is 1. The third kappa shape index (κ3) is 2.50. The van der Waals surface area contributed by atoms with E-state index >= 15 is 0 Å². The number of aromatic nitrogens is 1. The van der Waals surface area contributed by atoms with Crippen LogP contribution in [0.1, 0.15) is 47.8 Å². The van der Waals surface area contributed by atoms with Crippen LogP contribution in [-0.4, -0.2) is 29.5 Å². The Labute approximate surface area is 119 Å². The lowest BCUT2D eigenvalue weighted by Crippen LogP contribution is -2.45. The largest absolute Gasteiger partial charge is 0.365 e. The van der Waals surface area contributed by atoms with Gasteiger partial charge in [-0.1, -0.05) is 0 Å². The molecule has 1 aromatic heterocycles. The van der Waals surface area contributed by atoms with Crippen LogP contribution in [0.25, 0.3) is 0 Å². The number of carbonyl (C=O) groups is 1. The van der Waals surface area contributed by atoms with Crippen LogP contribution in [0, 0.1) is 0 Å². The first-order valence-corrected chi connectivity index (χ1v) is 7.39. The van der Waals surface area contributed by atoms with Gasteiger partial charge in [-0.2, -0.15) is 0 Å². The summed E-state index contributed by atoms with van der Waals surface area (Å²) in [5.74, 6) is 0.273. The minimum atomic E-state index is -0.396. The molecule has 5 nitrogen and oxygen atoms in total. The molecule has 0 saturated carbocycles. The van der Waals surface area contributed by atoms with E-state index < -0.39 is 5.91 Å². The number of aryl methyl sites for hydroxylation is 2. The Morgan fingerprint density at radius 1 is 1.40 bits per heavy atom. The molecule has 2 heterocycles. The molecular weight excluding hydrogens is 252 g/mol. The molecule has 3 rings (SSSR count). The molecule has 1 saturated heterocycles. The van der Waals surface area contributed by atoms with Gasteiger partial charge in [-0.05, 0) is 63.7 Å². The minimum absolute atomic E-state index is 0.0186. The molecule has 2 aliphatic rings. The van der Waals surface area contributed by atoms with Crippen molar-refractivity contribution in [2.24, 2.45) is 5.73 Å². The summed E-state index contributed by atoms with van der Waals surface area (Å²) in [6.45, 7) is 4.16. The van der Waals surface area contributed by atoms with Gasteiger partial charge in [-0.25, -0.2) is 4.98 Å². The van der Waals surface area contributed by atoms with E-state index in [0.29, 0.717) is 11.4 Å². The van der Waals surface area contributed by atoms with Gasteiger partial charge in [0.2, 0.25) is 0 Å². The van der Waals surface area contributed by atoms with E-state index in [1.54, 1.807) is 0 Å². The number of hydrogen-bond acceptors (Lipinski definition) is 4. The lowest BCUT2D eigenvalue weighted by atomic mass is 9.90.